The fraction of sp³-hybridized carbons (Fsp3) is 0.455. The average Bonchev–Trinajstić information content (AvgIpc) is 2.48. The van der Waals surface area contributed by atoms with Gasteiger partial charge < -0.3 is 10.2 Å². The van der Waals surface area contributed by atoms with Crippen LogP contribution in [0.15, 0.2) is 23.1 Å². The van der Waals surface area contributed by atoms with Gasteiger partial charge in [0.2, 0.25) is 0 Å². The topological polar surface area (TPSA) is 40.5 Å². The van der Waals surface area contributed by atoms with E-state index < -0.39 is 5.60 Å². The van der Waals surface area contributed by atoms with Crippen LogP contribution in [0.4, 0.5) is 0 Å². The Balaban J connectivity index is 2.31. The average molecular weight is 210 g/mol. The Labute approximate surface area is 88.0 Å². The van der Waals surface area contributed by atoms with E-state index in [1.54, 1.807) is 17.8 Å². The summed E-state index contributed by atoms with van der Waals surface area (Å²) in [6, 6.07) is 5.53. The molecule has 76 valence electrons. The number of benzene rings is 1. The van der Waals surface area contributed by atoms with E-state index in [0.29, 0.717) is 5.75 Å². The van der Waals surface area contributed by atoms with E-state index >= 15 is 0 Å². The zero-order valence-electron chi connectivity index (χ0n) is 8.32. The van der Waals surface area contributed by atoms with Crippen molar-refractivity contribution in [2.75, 3.05) is 0 Å². The van der Waals surface area contributed by atoms with Crippen molar-refractivity contribution in [1.82, 2.24) is 0 Å². The van der Waals surface area contributed by atoms with E-state index in [-0.39, 0.29) is 5.25 Å². The minimum Gasteiger partial charge on any atom is -0.508 e. The number of hydrogen-bond acceptors (Lipinski definition) is 3. The maximum Gasteiger partial charge on any atom is 0.119 e. The van der Waals surface area contributed by atoms with Gasteiger partial charge in [0.05, 0.1) is 5.60 Å². The van der Waals surface area contributed by atoms with E-state index in [1.807, 2.05) is 26.0 Å². The summed E-state index contributed by atoms with van der Waals surface area (Å²) in [6.45, 7) is 3.63. The second-order valence-corrected chi connectivity index (χ2v) is 5.46. The molecule has 0 radical (unpaired) electrons. The molecule has 0 bridgehead atoms. The maximum atomic E-state index is 9.88. The van der Waals surface area contributed by atoms with Gasteiger partial charge in [-0.3, -0.25) is 0 Å². The van der Waals surface area contributed by atoms with E-state index in [4.69, 9.17) is 0 Å². The highest BCUT2D eigenvalue weighted by atomic mass is 32.2. The van der Waals surface area contributed by atoms with Crippen molar-refractivity contribution in [1.29, 1.82) is 0 Å². The summed E-state index contributed by atoms with van der Waals surface area (Å²) in [5, 5.41) is 19.6. The largest absolute Gasteiger partial charge is 0.508 e. The fourth-order valence-electron chi connectivity index (χ4n) is 1.64. The van der Waals surface area contributed by atoms with Gasteiger partial charge in [0.1, 0.15) is 5.75 Å². The Morgan fingerprint density at radius 3 is 2.71 bits per heavy atom. The van der Waals surface area contributed by atoms with Crippen LogP contribution in [-0.4, -0.2) is 21.1 Å². The van der Waals surface area contributed by atoms with Gasteiger partial charge >= 0.3 is 0 Å². The molecule has 1 heterocycles. The summed E-state index contributed by atoms with van der Waals surface area (Å²) >= 11 is 1.65. The van der Waals surface area contributed by atoms with Gasteiger partial charge in [-0.25, -0.2) is 0 Å². The standard InChI is InChI=1S/C11H14O2S/c1-11(2,13)10-6-7-8(12)4-3-5-9(7)14-10/h3-5,10,12-13H,6H2,1-2H3. The maximum absolute atomic E-state index is 9.88. The van der Waals surface area contributed by atoms with Crippen LogP contribution in [0.1, 0.15) is 19.4 Å². The lowest BCUT2D eigenvalue weighted by molar-refractivity contribution is 0.0785. The lowest BCUT2D eigenvalue weighted by Gasteiger charge is -2.23. The SMILES string of the molecule is CC(C)(O)C1Cc2c(O)cccc2S1. The highest BCUT2D eigenvalue weighted by Gasteiger charge is 2.34. The van der Waals surface area contributed by atoms with Gasteiger partial charge in [-0.15, -0.1) is 11.8 Å². The van der Waals surface area contributed by atoms with Crippen molar-refractivity contribution < 1.29 is 10.2 Å². The molecule has 0 saturated carbocycles. The second-order valence-electron chi connectivity index (χ2n) is 4.22. The molecule has 1 aromatic rings. The normalized spacial score (nSPS) is 20.9. The molecule has 2 N–H and O–H groups in total. The minimum absolute atomic E-state index is 0.144. The summed E-state index contributed by atoms with van der Waals surface area (Å²) in [7, 11) is 0. The molecule has 0 saturated heterocycles. The van der Waals surface area contributed by atoms with Crippen LogP contribution in [0, 0.1) is 0 Å². The lowest BCUT2D eigenvalue weighted by Crippen LogP contribution is -2.32. The monoisotopic (exact) mass is 210 g/mol. The Morgan fingerprint density at radius 2 is 2.14 bits per heavy atom. The van der Waals surface area contributed by atoms with Crippen LogP contribution >= 0.6 is 11.8 Å². The highest BCUT2D eigenvalue weighted by Crippen LogP contribution is 2.44. The van der Waals surface area contributed by atoms with Gasteiger partial charge in [0.15, 0.2) is 0 Å². The molecule has 2 nitrogen and oxygen atoms in total. The molecule has 0 aliphatic carbocycles. The van der Waals surface area contributed by atoms with Gasteiger partial charge in [0.25, 0.3) is 0 Å². The van der Waals surface area contributed by atoms with E-state index in [9.17, 15) is 10.2 Å². The summed E-state index contributed by atoms with van der Waals surface area (Å²) < 4.78 is 0. The first-order chi connectivity index (χ1) is 6.48. The van der Waals surface area contributed by atoms with Crippen LogP contribution < -0.4 is 0 Å². The van der Waals surface area contributed by atoms with Gasteiger partial charge in [-0.1, -0.05) is 6.07 Å². The molecular formula is C11H14O2S. The molecule has 0 fully saturated rings. The zero-order valence-corrected chi connectivity index (χ0v) is 9.14. The van der Waals surface area contributed by atoms with Crippen LogP contribution in [0.3, 0.4) is 0 Å². The number of fused-ring (bicyclic) bond motifs is 1. The van der Waals surface area contributed by atoms with Gasteiger partial charge in [-0.05, 0) is 32.4 Å². The number of thioether (sulfide) groups is 1. The predicted molar refractivity (Wildman–Crippen MR) is 57.8 cm³/mol. The molecule has 1 aliphatic heterocycles. The smallest absolute Gasteiger partial charge is 0.119 e. The first kappa shape index (κ1) is 9.87. The number of aliphatic hydroxyl groups is 1. The Morgan fingerprint density at radius 1 is 1.43 bits per heavy atom. The number of aromatic hydroxyl groups is 1. The quantitative estimate of drug-likeness (QED) is 0.746. The number of phenols is 1. The molecule has 0 aromatic heterocycles. The molecule has 1 unspecified atom stereocenters. The van der Waals surface area contributed by atoms with E-state index in [2.05, 4.69) is 0 Å². The third kappa shape index (κ3) is 1.62. The first-order valence-corrected chi connectivity index (χ1v) is 5.56. The Hall–Kier alpha value is -0.670. The van der Waals surface area contributed by atoms with Crippen molar-refractivity contribution in [2.45, 2.75) is 36.0 Å². The highest BCUT2D eigenvalue weighted by molar-refractivity contribution is 8.00. The molecule has 2 rings (SSSR count). The second kappa shape index (κ2) is 3.17. The molecule has 0 amide bonds. The van der Waals surface area contributed by atoms with Crippen molar-refractivity contribution >= 4 is 11.8 Å². The fourth-order valence-corrected chi connectivity index (χ4v) is 2.98. The van der Waals surface area contributed by atoms with E-state index in [0.717, 1.165) is 16.9 Å². The van der Waals surface area contributed by atoms with Crippen LogP contribution in [0.25, 0.3) is 0 Å². The number of rotatable bonds is 1. The van der Waals surface area contributed by atoms with Crippen molar-refractivity contribution in [2.24, 2.45) is 0 Å². The molecule has 1 aliphatic rings. The van der Waals surface area contributed by atoms with Gasteiger partial charge in [-0.2, -0.15) is 0 Å². The lowest BCUT2D eigenvalue weighted by atomic mass is 9.98. The Kier molecular flexibility index (Phi) is 2.24. The predicted octanol–water partition coefficient (Wildman–Crippen LogP) is 2.18. The summed E-state index contributed by atoms with van der Waals surface area (Å²) in [6.07, 6.45) is 0.746. The van der Waals surface area contributed by atoms with Crippen LogP contribution in [-0.2, 0) is 6.42 Å². The van der Waals surface area contributed by atoms with Crippen molar-refractivity contribution in [3.8, 4) is 5.75 Å². The third-order valence-corrected chi connectivity index (χ3v) is 4.22. The zero-order chi connectivity index (χ0) is 10.3. The number of hydrogen-bond donors (Lipinski definition) is 2. The molecule has 14 heavy (non-hydrogen) atoms. The van der Waals surface area contributed by atoms with Gasteiger partial charge in [0, 0.05) is 15.7 Å². The van der Waals surface area contributed by atoms with Crippen molar-refractivity contribution in [3.63, 3.8) is 0 Å². The van der Waals surface area contributed by atoms with Crippen molar-refractivity contribution in [3.05, 3.63) is 23.8 Å². The molecule has 1 aromatic carbocycles. The third-order valence-electron chi connectivity index (χ3n) is 2.56. The van der Waals surface area contributed by atoms with E-state index in [1.165, 1.54) is 0 Å². The summed E-state index contributed by atoms with van der Waals surface area (Å²) in [4.78, 5) is 1.09. The molecule has 1 atom stereocenters. The summed E-state index contributed by atoms with van der Waals surface area (Å²) in [5.41, 5.74) is 0.278. The first-order valence-electron chi connectivity index (χ1n) is 4.68. The molecule has 0 spiro atoms. The minimum atomic E-state index is -0.698. The molecule has 3 heteroatoms. The summed E-state index contributed by atoms with van der Waals surface area (Å²) in [5.74, 6) is 0.349. The number of phenolic OH excluding ortho intramolecular Hbond substituents is 1. The Bertz CT molecular complexity index is 355. The van der Waals surface area contributed by atoms with Crippen LogP contribution in [0.2, 0.25) is 0 Å². The molecular weight excluding hydrogens is 196 g/mol. The van der Waals surface area contributed by atoms with Crippen LogP contribution in [0.5, 0.6) is 5.75 Å².